The van der Waals surface area contributed by atoms with Crippen LogP contribution in [0, 0.1) is 12.7 Å². The van der Waals surface area contributed by atoms with Crippen molar-refractivity contribution in [2.24, 2.45) is 0 Å². The Hall–Kier alpha value is -3.40. The fourth-order valence-corrected chi connectivity index (χ4v) is 4.58. The van der Waals surface area contributed by atoms with Crippen LogP contribution in [0.3, 0.4) is 0 Å². The highest BCUT2D eigenvalue weighted by molar-refractivity contribution is 7.09. The van der Waals surface area contributed by atoms with Gasteiger partial charge in [-0.1, -0.05) is 0 Å². The van der Waals surface area contributed by atoms with Crippen LogP contribution in [0.4, 0.5) is 10.2 Å². The quantitative estimate of drug-likeness (QED) is 0.501. The number of pyridine rings is 1. The Labute approximate surface area is 188 Å². The van der Waals surface area contributed by atoms with E-state index in [1.807, 2.05) is 17.2 Å². The van der Waals surface area contributed by atoms with Crippen molar-refractivity contribution in [2.45, 2.75) is 32.2 Å². The first-order valence-corrected chi connectivity index (χ1v) is 11.3. The predicted octanol–water partition coefficient (Wildman–Crippen LogP) is 3.34. The van der Waals surface area contributed by atoms with Gasteiger partial charge in [0.1, 0.15) is 23.0 Å². The number of piperidine rings is 1. The van der Waals surface area contributed by atoms with Gasteiger partial charge in [-0.05, 0) is 38.0 Å². The molecule has 10 heteroatoms. The number of carbonyl (C=O) groups is 1. The lowest BCUT2D eigenvalue weighted by atomic mass is 10.1. The van der Waals surface area contributed by atoms with E-state index in [2.05, 4.69) is 25.3 Å². The lowest BCUT2D eigenvalue weighted by Gasteiger charge is -2.33. The molecule has 1 N–H and O–H groups in total. The number of halogens is 1. The van der Waals surface area contributed by atoms with E-state index in [0.29, 0.717) is 35.9 Å². The molecule has 1 atom stereocenters. The van der Waals surface area contributed by atoms with Crippen LogP contribution in [0.25, 0.3) is 17.2 Å². The Morgan fingerprint density at radius 1 is 1.28 bits per heavy atom. The van der Waals surface area contributed by atoms with E-state index in [1.54, 1.807) is 40.3 Å². The van der Waals surface area contributed by atoms with Gasteiger partial charge in [0.05, 0.1) is 23.3 Å². The third kappa shape index (κ3) is 4.31. The molecule has 1 unspecified atom stereocenters. The van der Waals surface area contributed by atoms with Gasteiger partial charge in [0.2, 0.25) is 5.91 Å². The summed E-state index contributed by atoms with van der Waals surface area (Å²) in [6.45, 7) is 3.31. The number of carbonyl (C=O) groups excluding carboxylic acids is 1. The maximum atomic E-state index is 13.7. The average Bonchev–Trinajstić information content (AvgIpc) is 3.39. The minimum atomic E-state index is -0.356. The van der Waals surface area contributed by atoms with Crippen LogP contribution in [0.5, 0.6) is 0 Å². The normalized spacial score (nSPS) is 16.4. The monoisotopic (exact) mass is 451 g/mol. The number of hydrogen-bond acceptors (Lipinski definition) is 7. The molecule has 8 nitrogen and oxygen atoms in total. The second-order valence-corrected chi connectivity index (χ2v) is 8.90. The van der Waals surface area contributed by atoms with Gasteiger partial charge >= 0.3 is 0 Å². The van der Waals surface area contributed by atoms with Crippen molar-refractivity contribution in [1.82, 2.24) is 29.2 Å². The molecular formula is C22H22FN7OS. The molecule has 1 fully saturated rings. The molecule has 0 bridgehead atoms. The number of likely N-dealkylation sites (tertiary alicyclic amines) is 1. The van der Waals surface area contributed by atoms with Gasteiger partial charge in [-0.3, -0.25) is 9.20 Å². The minimum absolute atomic E-state index is 0.0900. The first-order valence-electron chi connectivity index (χ1n) is 10.5. The average molecular weight is 452 g/mol. The number of nitrogens with one attached hydrogen (secondary N) is 1. The van der Waals surface area contributed by atoms with Crippen LogP contribution in [0.2, 0.25) is 0 Å². The second kappa shape index (κ2) is 8.62. The highest BCUT2D eigenvalue weighted by Crippen LogP contribution is 2.21. The Bertz CT molecular complexity index is 1270. The Balaban J connectivity index is 1.29. The fourth-order valence-electron chi connectivity index (χ4n) is 3.97. The smallest absolute Gasteiger partial charge is 0.228 e. The van der Waals surface area contributed by atoms with Crippen molar-refractivity contribution in [3.8, 4) is 11.5 Å². The number of hydrogen-bond donors (Lipinski definition) is 1. The molecule has 5 rings (SSSR count). The highest BCUT2D eigenvalue weighted by Gasteiger charge is 2.24. The van der Waals surface area contributed by atoms with E-state index >= 15 is 0 Å². The zero-order valence-electron chi connectivity index (χ0n) is 17.5. The summed E-state index contributed by atoms with van der Waals surface area (Å²) < 4.78 is 15.3. The first kappa shape index (κ1) is 20.5. The van der Waals surface area contributed by atoms with Crippen molar-refractivity contribution in [3.05, 3.63) is 58.7 Å². The summed E-state index contributed by atoms with van der Waals surface area (Å²) in [5.74, 6) is 0.857. The zero-order chi connectivity index (χ0) is 22.1. The summed E-state index contributed by atoms with van der Waals surface area (Å²) in [4.78, 5) is 32.3. The van der Waals surface area contributed by atoms with Gasteiger partial charge in [0.15, 0.2) is 5.82 Å². The molecule has 4 aromatic rings. The molecule has 0 aliphatic carbocycles. The van der Waals surface area contributed by atoms with E-state index in [-0.39, 0.29) is 17.8 Å². The molecule has 0 radical (unpaired) electrons. The van der Waals surface area contributed by atoms with E-state index in [9.17, 15) is 9.18 Å². The van der Waals surface area contributed by atoms with Gasteiger partial charge < -0.3 is 10.2 Å². The summed E-state index contributed by atoms with van der Waals surface area (Å²) >= 11 is 1.56. The van der Waals surface area contributed by atoms with E-state index in [1.165, 1.54) is 12.3 Å². The number of aromatic nitrogens is 5. The Morgan fingerprint density at radius 2 is 2.19 bits per heavy atom. The largest absolute Gasteiger partial charge is 0.365 e. The molecule has 0 saturated carbocycles. The van der Waals surface area contributed by atoms with Crippen LogP contribution in [0.15, 0.2) is 42.2 Å². The molecule has 1 saturated heterocycles. The van der Waals surface area contributed by atoms with Crippen molar-refractivity contribution in [3.63, 3.8) is 0 Å². The van der Waals surface area contributed by atoms with E-state index in [4.69, 9.17) is 0 Å². The molecule has 1 aliphatic rings. The molecule has 4 aromatic heterocycles. The number of aryl methyl sites for hydroxylation is 1. The number of rotatable bonds is 5. The summed E-state index contributed by atoms with van der Waals surface area (Å²) in [6, 6.07) is 4.87. The third-order valence-electron chi connectivity index (χ3n) is 5.48. The third-order valence-corrected chi connectivity index (χ3v) is 6.30. The molecule has 5 heterocycles. The number of amides is 1. The van der Waals surface area contributed by atoms with Gasteiger partial charge in [0.25, 0.3) is 0 Å². The first-order chi connectivity index (χ1) is 15.5. The van der Waals surface area contributed by atoms with Crippen molar-refractivity contribution < 1.29 is 9.18 Å². The van der Waals surface area contributed by atoms with Crippen LogP contribution in [-0.4, -0.2) is 54.3 Å². The van der Waals surface area contributed by atoms with Crippen LogP contribution in [0.1, 0.15) is 23.5 Å². The van der Waals surface area contributed by atoms with Crippen molar-refractivity contribution in [2.75, 3.05) is 18.4 Å². The molecular weight excluding hydrogens is 429 g/mol. The van der Waals surface area contributed by atoms with Crippen molar-refractivity contribution >= 4 is 28.7 Å². The maximum Gasteiger partial charge on any atom is 0.228 e. The van der Waals surface area contributed by atoms with Gasteiger partial charge in [0, 0.05) is 36.9 Å². The second-order valence-electron chi connectivity index (χ2n) is 7.84. The van der Waals surface area contributed by atoms with Crippen LogP contribution in [-0.2, 0) is 11.2 Å². The topological polar surface area (TPSA) is 88.3 Å². The van der Waals surface area contributed by atoms with Gasteiger partial charge in [-0.25, -0.2) is 24.3 Å². The number of imidazole rings is 1. The van der Waals surface area contributed by atoms with Crippen LogP contribution < -0.4 is 5.32 Å². The molecule has 164 valence electrons. The summed E-state index contributed by atoms with van der Waals surface area (Å²) in [5.41, 5.74) is 2.07. The van der Waals surface area contributed by atoms with E-state index < -0.39 is 0 Å². The van der Waals surface area contributed by atoms with Gasteiger partial charge in [-0.2, -0.15) is 0 Å². The zero-order valence-corrected chi connectivity index (χ0v) is 18.3. The number of anilines is 1. The number of fused-ring (bicyclic) bond motifs is 1. The molecule has 1 amide bonds. The predicted molar refractivity (Wildman–Crippen MR) is 120 cm³/mol. The molecule has 32 heavy (non-hydrogen) atoms. The Kier molecular flexibility index (Phi) is 5.52. The molecule has 0 aromatic carbocycles. The lowest BCUT2D eigenvalue weighted by molar-refractivity contribution is -0.131. The standard InChI is InChI=1S/C22H22FN7OS/c1-14-26-17(13-32-14)9-21(31)29-8-2-3-16(12-29)27-19-6-7-24-22(28-19)18-10-25-20-5-4-15(23)11-30(18)20/h4-7,10-11,13,16H,2-3,8-9,12H2,1H3,(H,24,27,28). The van der Waals surface area contributed by atoms with E-state index in [0.717, 1.165) is 30.1 Å². The minimum Gasteiger partial charge on any atom is -0.365 e. The maximum absolute atomic E-state index is 13.7. The molecule has 1 aliphatic heterocycles. The van der Waals surface area contributed by atoms with Gasteiger partial charge in [-0.15, -0.1) is 11.3 Å². The summed E-state index contributed by atoms with van der Waals surface area (Å²) in [7, 11) is 0. The molecule has 0 spiro atoms. The highest BCUT2D eigenvalue weighted by atomic mass is 32.1. The number of nitrogens with zero attached hydrogens (tertiary/aromatic N) is 6. The summed E-state index contributed by atoms with van der Waals surface area (Å²) in [6.07, 6.45) is 6.87. The summed E-state index contributed by atoms with van der Waals surface area (Å²) in [5, 5.41) is 6.35. The number of thiazole rings is 1. The SMILES string of the molecule is Cc1nc(CC(=O)N2CCCC(Nc3ccnc(-c4cnc5ccc(F)cn45)n3)C2)cs1. The lowest BCUT2D eigenvalue weighted by Crippen LogP contribution is -2.45. The van der Waals surface area contributed by atoms with Crippen LogP contribution >= 0.6 is 11.3 Å². The Morgan fingerprint density at radius 3 is 3.03 bits per heavy atom. The fraction of sp³-hybridized carbons (Fsp3) is 0.318. The van der Waals surface area contributed by atoms with Crippen molar-refractivity contribution in [1.29, 1.82) is 0 Å².